The Bertz CT molecular complexity index is 474. The summed E-state index contributed by atoms with van der Waals surface area (Å²) in [5.41, 5.74) is 2.70. The van der Waals surface area contributed by atoms with E-state index in [-0.39, 0.29) is 5.91 Å². The van der Waals surface area contributed by atoms with Crippen LogP contribution in [-0.2, 0) is 17.6 Å². The van der Waals surface area contributed by atoms with Crippen LogP contribution < -0.4 is 10.6 Å². The molecular weight excluding hydrogens is 272 g/mol. The van der Waals surface area contributed by atoms with Crippen molar-refractivity contribution in [2.24, 2.45) is 5.92 Å². The van der Waals surface area contributed by atoms with Crippen LogP contribution in [0.15, 0.2) is 18.2 Å². The van der Waals surface area contributed by atoms with Crippen LogP contribution in [-0.4, -0.2) is 25.0 Å². The van der Waals surface area contributed by atoms with Gasteiger partial charge in [0.05, 0.1) is 0 Å². The Morgan fingerprint density at radius 2 is 2.10 bits per heavy atom. The third kappa shape index (κ3) is 4.50. The highest BCUT2D eigenvalue weighted by atomic mass is 35.5. The second kappa shape index (κ2) is 7.09. The minimum absolute atomic E-state index is 0.129. The van der Waals surface area contributed by atoms with Crippen LogP contribution in [0, 0.1) is 5.92 Å². The van der Waals surface area contributed by atoms with E-state index in [1.54, 1.807) is 0 Å². The zero-order valence-corrected chi connectivity index (χ0v) is 13.0. The minimum atomic E-state index is 0.129. The van der Waals surface area contributed by atoms with E-state index in [9.17, 15) is 4.79 Å². The first kappa shape index (κ1) is 15.3. The third-order valence-electron chi connectivity index (χ3n) is 3.59. The molecule has 1 aliphatic rings. The molecule has 4 heteroatoms. The van der Waals surface area contributed by atoms with Gasteiger partial charge in [-0.3, -0.25) is 4.79 Å². The average molecular weight is 295 g/mol. The van der Waals surface area contributed by atoms with Crippen molar-refractivity contribution >= 4 is 17.5 Å². The summed E-state index contributed by atoms with van der Waals surface area (Å²) in [5.74, 6) is 0.630. The second-order valence-electron chi connectivity index (χ2n) is 5.92. The summed E-state index contributed by atoms with van der Waals surface area (Å²) in [7, 11) is 0. The fraction of sp³-hybridized carbons (Fsp3) is 0.562. The van der Waals surface area contributed by atoms with Gasteiger partial charge in [0, 0.05) is 30.6 Å². The van der Waals surface area contributed by atoms with Crippen LogP contribution in [0.1, 0.15) is 31.4 Å². The summed E-state index contributed by atoms with van der Waals surface area (Å²) in [5, 5.41) is 7.20. The summed E-state index contributed by atoms with van der Waals surface area (Å²) >= 11 is 6.00. The standard InChI is InChI=1S/C16H23ClN2O/c1-11(2)10-19-16(20)5-6-18-15-8-12-3-4-14(17)7-13(12)9-15/h3-4,7,11,15,18H,5-6,8-10H2,1-2H3,(H,19,20). The van der Waals surface area contributed by atoms with Crippen LogP contribution >= 0.6 is 11.6 Å². The lowest BCUT2D eigenvalue weighted by molar-refractivity contribution is -0.121. The molecule has 0 saturated heterocycles. The smallest absolute Gasteiger partial charge is 0.221 e. The zero-order valence-electron chi connectivity index (χ0n) is 12.2. The SMILES string of the molecule is CC(C)CNC(=O)CCNC1Cc2ccc(Cl)cc2C1. The number of hydrogen-bond acceptors (Lipinski definition) is 2. The molecular formula is C16H23ClN2O. The van der Waals surface area contributed by atoms with E-state index < -0.39 is 0 Å². The van der Waals surface area contributed by atoms with Crippen LogP contribution in [0.2, 0.25) is 5.02 Å². The lowest BCUT2D eigenvalue weighted by Gasteiger charge is -2.12. The highest BCUT2D eigenvalue weighted by molar-refractivity contribution is 6.30. The van der Waals surface area contributed by atoms with Gasteiger partial charge in [-0.25, -0.2) is 0 Å². The number of rotatable bonds is 6. The molecule has 0 aromatic heterocycles. The summed E-state index contributed by atoms with van der Waals surface area (Å²) < 4.78 is 0. The van der Waals surface area contributed by atoms with E-state index in [4.69, 9.17) is 11.6 Å². The first-order valence-electron chi connectivity index (χ1n) is 7.32. The number of halogens is 1. The zero-order chi connectivity index (χ0) is 14.5. The highest BCUT2D eigenvalue weighted by Gasteiger charge is 2.20. The Labute approximate surface area is 126 Å². The van der Waals surface area contributed by atoms with Crippen molar-refractivity contribution in [1.82, 2.24) is 10.6 Å². The number of nitrogens with one attached hydrogen (secondary N) is 2. The lowest BCUT2D eigenvalue weighted by Crippen LogP contribution is -2.35. The largest absolute Gasteiger partial charge is 0.356 e. The number of hydrogen-bond donors (Lipinski definition) is 2. The van der Waals surface area contributed by atoms with Crippen LogP contribution in [0.5, 0.6) is 0 Å². The van der Waals surface area contributed by atoms with Gasteiger partial charge in [-0.1, -0.05) is 31.5 Å². The van der Waals surface area contributed by atoms with Crippen molar-refractivity contribution in [3.05, 3.63) is 34.3 Å². The molecule has 1 unspecified atom stereocenters. The normalized spacial score (nSPS) is 17.3. The first-order chi connectivity index (χ1) is 9.54. The third-order valence-corrected chi connectivity index (χ3v) is 3.83. The fourth-order valence-electron chi connectivity index (χ4n) is 2.53. The molecule has 2 rings (SSSR count). The molecule has 1 aromatic carbocycles. The van der Waals surface area contributed by atoms with E-state index in [1.807, 2.05) is 12.1 Å². The Kier molecular flexibility index (Phi) is 5.44. The maximum Gasteiger partial charge on any atom is 0.221 e. The Balaban J connectivity index is 1.68. The Hall–Kier alpha value is -1.06. The predicted molar refractivity (Wildman–Crippen MR) is 83.1 cm³/mol. The topological polar surface area (TPSA) is 41.1 Å². The summed E-state index contributed by atoms with van der Waals surface area (Å²) in [4.78, 5) is 11.6. The van der Waals surface area contributed by atoms with Crippen molar-refractivity contribution < 1.29 is 4.79 Å². The number of carbonyl (C=O) groups is 1. The van der Waals surface area contributed by atoms with E-state index >= 15 is 0 Å². The number of amides is 1. The van der Waals surface area contributed by atoms with Crippen molar-refractivity contribution in [3.8, 4) is 0 Å². The number of fused-ring (bicyclic) bond motifs is 1. The van der Waals surface area contributed by atoms with E-state index in [0.717, 1.165) is 31.0 Å². The number of benzene rings is 1. The van der Waals surface area contributed by atoms with Crippen molar-refractivity contribution in [2.45, 2.75) is 39.2 Å². The van der Waals surface area contributed by atoms with Gasteiger partial charge in [0.1, 0.15) is 0 Å². The molecule has 0 spiro atoms. The molecule has 110 valence electrons. The second-order valence-corrected chi connectivity index (χ2v) is 6.36. The van der Waals surface area contributed by atoms with E-state index in [1.165, 1.54) is 11.1 Å². The molecule has 0 heterocycles. The molecule has 0 radical (unpaired) electrons. The van der Waals surface area contributed by atoms with Gasteiger partial charge in [-0.05, 0) is 42.0 Å². The van der Waals surface area contributed by atoms with Gasteiger partial charge in [0.15, 0.2) is 0 Å². The van der Waals surface area contributed by atoms with Crippen molar-refractivity contribution in [3.63, 3.8) is 0 Å². The first-order valence-corrected chi connectivity index (χ1v) is 7.69. The van der Waals surface area contributed by atoms with Gasteiger partial charge in [-0.2, -0.15) is 0 Å². The predicted octanol–water partition coefficient (Wildman–Crippen LogP) is 2.56. The molecule has 0 bridgehead atoms. The lowest BCUT2D eigenvalue weighted by atomic mass is 10.1. The summed E-state index contributed by atoms with van der Waals surface area (Å²) in [6.45, 7) is 5.68. The summed E-state index contributed by atoms with van der Waals surface area (Å²) in [6.07, 6.45) is 2.57. The maximum absolute atomic E-state index is 11.6. The summed E-state index contributed by atoms with van der Waals surface area (Å²) in [6, 6.07) is 6.53. The molecule has 3 nitrogen and oxygen atoms in total. The van der Waals surface area contributed by atoms with Gasteiger partial charge in [0.2, 0.25) is 5.91 Å². The molecule has 0 fully saturated rings. The maximum atomic E-state index is 11.6. The molecule has 1 atom stereocenters. The molecule has 2 N–H and O–H groups in total. The quantitative estimate of drug-likeness (QED) is 0.847. The van der Waals surface area contributed by atoms with Crippen LogP contribution in [0.25, 0.3) is 0 Å². The Morgan fingerprint density at radius 3 is 2.85 bits per heavy atom. The van der Waals surface area contributed by atoms with E-state index in [2.05, 4.69) is 30.5 Å². The molecule has 0 aliphatic heterocycles. The molecule has 1 aliphatic carbocycles. The molecule has 1 aromatic rings. The van der Waals surface area contributed by atoms with Gasteiger partial charge in [0.25, 0.3) is 0 Å². The molecule has 20 heavy (non-hydrogen) atoms. The van der Waals surface area contributed by atoms with Gasteiger partial charge >= 0.3 is 0 Å². The van der Waals surface area contributed by atoms with Gasteiger partial charge < -0.3 is 10.6 Å². The van der Waals surface area contributed by atoms with E-state index in [0.29, 0.717) is 18.4 Å². The fourth-order valence-corrected chi connectivity index (χ4v) is 2.72. The molecule has 0 saturated carbocycles. The number of carbonyl (C=O) groups excluding carboxylic acids is 1. The van der Waals surface area contributed by atoms with Crippen molar-refractivity contribution in [1.29, 1.82) is 0 Å². The Morgan fingerprint density at radius 1 is 1.35 bits per heavy atom. The highest BCUT2D eigenvalue weighted by Crippen LogP contribution is 2.25. The minimum Gasteiger partial charge on any atom is -0.356 e. The monoisotopic (exact) mass is 294 g/mol. The van der Waals surface area contributed by atoms with Crippen molar-refractivity contribution in [2.75, 3.05) is 13.1 Å². The van der Waals surface area contributed by atoms with Crippen LogP contribution in [0.3, 0.4) is 0 Å². The average Bonchev–Trinajstić information content (AvgIpc) is 2.78. The molecule has 1 amide bonds. The van der Waals surface area contributed by atoms with Crippen LogP contribution in [0.4, 0.5) is 0 Å². The van der Waals surface area contributed by atoms with Gasteiger partial charge in [-0.15, -0.1) is 0 Å².